The van der Waals surface area contributed by atoms with E-state index < -0.39 is 12.5 Å². The quantitative estimate of drug-likeness (QED) is 0.858. The highest BCUT2D eigenvalue weighted by Gasteiger charge is 2.31. The lowest BCUT2D eigenvalue weighted by molar-refractivity contribution is 0.00527. The van der Waals surface area contributed by atoms with Gasteiger partial charge < -0.3 is 5.73 Å². The average Bonchev–Trinajstić information content (AvgIpc) is 2.09. The highest BCUT2D eigenvalue weighted by molar-refractivity contribution is 9.10. The zero-order chi connectivity index (χ0) is 10.1. The van der Waals surface area contributed by atoms with Crippen molar-refractivity contribution in [2.24, 2.45) is 5.73 Å². The molecule has 0 spiro atoms. The maximum atomic E-state index is 13.2. The van der Waals surface area contributed by atoms with Gasteiger partial charge in [0.2, 0.25) is 0 Å². The summed E-state index contributed by atoms with van der Waals surface area (Å²) in [5.41, 5.74) is 5.54. The molecule has 0 radical (unpaired) electrons. The van der Waals surface area contributed by atoms with Gasteiger partial charge >= 0.3 is 0 Å². The molecule has 0 heterocycles. The van der Waals surface area contributed by atoms with Gasteiger partial charge in [-0.15, -0.1) is 0 Å². The van der Waals surface area contributed by atoms with E-state index in [4.69, 9.17) is 5.73 Å². The Hall–Kier alpha value is -0.480. The van der Waals surface area contributed by atoms with Crippen molar-refractivity contribution >= 4 is 15.9 Å². The van der Waals surface area contributed by atoms with Crippen molar-refractivity contribution in [3.05, 3.63) is 33.8 Å². The van der Waals surface area contributed by atoms with Crippen LogP contribution in [-0.4, -0.2) is 6.54 Å². The zero-order valence-corrected chi connectivity index (χ0v) is 8.74. The first-order valence-electron chi connectivity index (χ1n) is 3.82. The number of rotatable bonds is 2. The summed E-state index contributed by atoms with van der Waals surface area (Å²) >= 11 is 3.14. The number of nitrogens with two attached hydrogens (primary N) is 1. The van der Waals surface area contributed by atoms with Crippen LogP contribution in [0.15, 0.2) is 22.7 Å². The number of hydrogen-bond acceptors (Lipinski definition) is 1. The molecule has 0 saturated carbocycles. The van der Waals surface area contributed by atoms with Crippen molar-refractivity contribution in [1.29, 1.82) is 0 Å². The third-order valence-electron chi connectivity index (χ3n) is 1.85. The third kappa shape index (κ3) is 2.25. The van der Waals surface area contributed by atoms with E-state index in [1.54, 1.807) is 19.1 Å². The molecule has 13 heavy (non-hydrogen) atoms. The maximum absolute atomic E-state index is 13.2. The minimum atomic E-state index is -2.94. The fourth-order valence-electron chi connectivity index (χ4n) is 1.10. The normalized spacial score (nSPS) is 11.8. The van der Waals surface area contributed by atoms with Gasteiger partial charge in [0.25, 0.3) is 5.92 Å². The highest BCUT2D eigenvalue weighted by atomic mass is 79.9. The SMILES string of the molecule is Cc1ccc(Br)cc1C(F)(F)CN. The molecule has 4 heteroatoms. The monoisotopic (exact) mass is 249 g/mol. The van der Waals surface area contributed by atoms with Crippen LogP contribution in [0.25, 0.3) is 0 Å². The Bertz CT molecular complexity index is 312. The highest BCUT2D eigenvalue weighted by Crippen LogP contribution is 2.31. The van der Waals surface area contributed by atoms with Crippen LogP contribution >= 0.6 is 15.9 Å². The van der Waals surface area contributed by atoms with Crippen LogP contribution in [0.2, 0.25) is 0 Å². The molecule has 0 saturated heterocycles. The van der Waals surface area contributed by atoms with E-state index in [9.17, 15) is 8.78 Å². The van der Waals surface area contributed by atoms with Crippen LogP contribution in [0.1, 0.15) is 11.1 Å². The first-order chi connectivity index (χ1) is 5.97. The van der Waals surface area contributed by atoms with E-state index in [-0.39, 0.29) is 5.56 Å². The summed E-state index contributed by atoms with van der Waals surface area (Å²) in [6, 6.07) is 4.77. The van der Waals surface area contributed by atoms with Gasteiger partial charge in [0.05, 0.1) is 6.54 Å². The molecule has 72 valence electrons. The number of alkyl halides is 2. The largest absolute Gasteiger partial charge is 0.325 e. The van der Waals surface area contributed by atoms with E-state index in [0.29, 0.717) is 10.0 Å². The fraction of sp³-hybridized carbons (Fsp3) is 0.333. The molecule has 0 bridgehead atoms. The van der Waals surface area contributed by atoms with E-state index in [2.05, 4.69) is 15.9 Å². The maximum Gasteiger partial charge on any atom is 0.285 e. The lowest BCUT2D eigenvalue weighted by Crippen LogP contribution is -2.26. The van der Waals surface area contributed by atoms with Crippen LogP contribution in [0, 0.1) is 6.92 Å². The summed E-state index contributed by atoms with van der Waals surface area (Å²) in [6.45, 7) is 0.982. The summed E-state index contributed by atoms with van der Waals surface area (Å²) in [6.07, 6.45) is 0. The Kier molecular flexibility index (Phi) is 3.03. The lowest BCUT2D eigenvalue weighted by Gasteiger charge is -2.16. The van der Waals surface area contributed by atoms with Gasteiger partial charge in [0.15, 0.2) is 0 Å². The molecular weight excluding hydrogens is 240 g/mol. The molecule has 1 rings (SSSR count). The smallest absolute Gasteiger partial charge is 0.285 e. The predicted octanol–water partition coefficient (Wildman–Crippen LogP) is 2.81. The summed E-state index contributed by atoms with van der Waals surface area (Å²) in [5, 5.41) is 0. The van der Waals surface area contributed by atoms with Crippen LogP contribution in [0.3, 0.4) is 0 Å². The molecule has 0 atom stereocenters. The molecule has 1 nitrogen and oxygen atoms in total. The second-order valence-electron chi connectivity index (χ2n) is 2.87. The van der Waals surface area contributed by atoms with Crippen LogP contribution in [0.5, 0.6) is 0 Å². The average molecular weight is 250 g/mol. The van der Waals surface area contributed by atoms with Crippen molar-refractivity contribution in [2.45, 2.75) is 12.8 Å². The van der Waals surface area contributed by atoms with E-state index >= 15 is 0 Å². The molecule has 0 aliphatic carbocycles. The van der Waals surface area contributed by atoms with Gasteiger partial charge in [-0.1, -0.05) is 22.0 Å². The van der Waals surface area contributed by atoms with E-state index in [1.807, 2.05) is 0 Å². The molecule has 1 aromatic rings. The minimum absolute atomic E-state index is 0.00984. The van der Waals surface area contributed by atoms with Crippen molar-refractivity contribution in [2.75, 3.05) is 6.54 Å². The predicted molar refractivity (Wildman–Crippen MR) is 51.8 cm³/mol. The molecular formula is C9H10BrF2N. The molecule has 0 amide bonds. The summed E-state index contributed by atoms with van der Waals surface area (Å²) < 4.78 is 27.0. The molecule has 0 aliphatic rings. The summed E-state index contributed by atoms with van der Waals surface area (Å²) in [4.78, 5) is 0. The number of aryl methyl sites for hydroxylation is 1. The summed E-state index contributed by atoms with van der Waals surface area (Å²) in [7, 11) is 0. The van der Waals surface area contributed by atoms with Crippen molar-refractivity contribution < 1.29 is 8.78 Å². The molecule has 2 N–H and O–H groups in total. The first-order valence-corrected chi connectivity index (χ1v) is 4.61. The van der Waals surface area contributed by atoms with Crippen LogP contribution in [0.4, 0.5) is 8.78 Å². The molecule has 0 aromatic heterocycles. The van der Waals surface area contributed by atoms with Gasteiger partial charge in [-0.25, -0.2) is 0 Å². The third-order valence-corrected chi connectivity index (χ3v) is 2.34. The van der Waals surface area contributed by atoms with Crippen molar-refractivity contribution in [3.63, 3.8) is 0 Å². The van der Waals surface area contributed by atoms with E-state index in [0.717, 1.165) is 0 Å². The number of hydrogen-bond donors (Lipinski definition) is 1. The van der Waals surface area contributed by atoms with Crippen LogP contribution < -0.4 is 5.73 Å². The lowest BCUT2D eigenvalue weighted by atomic mass is 10.0. The Morgan fingerprint density at radius 3 is 2.62 bits per heavy atom. The molecule has 1 aromatic carbocycles. The Morgan fingerprint density at radius 1 is 1.46 bits per heavy atom. The van der Waals surface area contributed by atoms with Gasteiger partial charge in [-0.2, -0.15) is 8.78 Å². The Morgan fingerprint density at radius 2 is 2.08 bits per heavy atom. The fourth-order valence-corrected chi connectivity index (χ4v) is 1.46. The topological polar surface area (TPSA) is 26.0 Å². The second kappa shape index (κ2) is 3.72. The zero-order valence-electron chi connectivity index (χ0n) is 7.15. The molecule has 0 aliphatic heterocycles. The van der Waals surface area contributed by atoms with Crippen LogP contribution in [-0.2, 0) is 5.92 Å². The first kappa shape index (κ1) is 10.6. The van der Waals surface area contributed by atoms with Gasteiger partial charge in [-0.3, -0.25) is 0 Å². The Labute approximate surface area is 84.1 Å². The summed E-state index contributed by atoms with van der Waals surface area (Å²) in [5.74, 6) is -2.94. The van der Waals surface area contributed by atoms with Gasteiger partial charge in [-0.05, 0) is 24.6 Å². The second-order valence-corrected chi connectivity index (χ2v) is 3.78. The molecule has 0 unspecified atom stereocenters. The van der Waals surface area contributed by atoms with Gasteiger partial charge in [0.1, 0.15) is 0 Å². The number of halogens is 3. The van der Waals surface area contributed by atoms with E-state index in [1.165, 1.54) is 6.07 Å². The minimum Gasteiger partial charge on any atom is -0.325 e. The standard InChI is InChI=1S/C9H10BrF2N/c1-6-2-3-7(10)4-8(6)9(11,12)5-13/h2-4H,5,13H2,1H3. The number of benzene rings is 1. The molecule has 0 fully saturated rings. The Balaban J connectivity index is 3.20. The van der Waals surface area contributed by atoms with Crippen molar-refractivity contribution in [3.8, 4) is 0 Å². The van der Waals surface area contributed by atoms with Crippen molar-refractivity contribution in [1.82, 2.24) is 0 Å². The van der Waals surface area contributed by atoms with Gasteiger partial charge in [0, 0.05) is 10.0 Å².